The van der Waals surface area contributed by atoms with E-state index < -0.39 is 6.36 Å². The predicted molar refractivity (Wildman–Crippen MR) is 102 cm³/mol. The molecule has 1 fully saturated rings. The maximum Gasteiger partial charge on any atom is 0.573 e. The number of hydrogen-bond acceptors (Lipinski definition) is 6. The van der Waals surface area contributed by atoms with E-state index in [4.69, 9.17) is 0 Å². The van der Waals surface area contributed by atoms with E-state index in [0.29, 0.717) is 12.6 Å². The molecule has 2 heterocycles. The van der Waals surface area contributed by atoms with E-state index in [1.165, 1.54) is 12.1 Å². The van der Waals surface area contributed by atoms with Gasteiger partial charge in [-0.15, -0.1) is 13.2 Å². The molecule has 152 valence electrons. The van der Waals surface area contributed by atoms with Gasteiger partial charge in [0.05, 0.1) is 0 Å². The number of likely N-dealkylation sites (tertiary alicyclic amines) is 1. The Labute approximate surface area is 162 Å². The first-order valence-corrected chi connectivity index (χ1v) is 9.00. The number of ether oxygens (including phenoxy) is 1. The lowest BCUT2D eigenvalue weighted by molar-refractivity contribution is -0.274. The fourth-order valence-electron chi connectivity index (χ4n) is 3.29. The Kier molecular flexibility index (Phi) is 5.93. The van der Waals surface area contributed by atoms with E-state index in [1.807, 2.05) is 32.1 Å². The van der Waals surface area contributed by atoms with Crippen LogP contribution in [0.4, 0.5) is 24.8 Å². The first-order valence-electron chi connectivity index (χ1n) is 9.00. The summed E-state index contributed by atoms with van der Waals surface area (Å²) in [6.45, 7) is 2.46. The molecule has 3 rings (SSSR count). The van der Waals surface area contributed by atoms with Gasteiger partial charge in [0, 0.05) is 52.9 Å². The number of likely N-dealkylation sites (N-methyl/N-ethyl adjacent to an activating group) is 1. The van der Waals surface area contributed by atoms with Crippen LogP contribution in [0.2, 0.25) is 0 Å². The molecular formula is C19H24F3N5O. The third-order valence-corrected chi connectivity index (χ3v) is 4.82. The fourth-order valence-corrected chi connectivity index (χ4v) is 3.29. The van der Waals surface area contributed by atoms with Crippen molar-refractivity contribution in [2.75, 3.05) is 44.0 Å². The van der Waals surface area contributed by atoms with Crippen molar-refractivity contribution in [3.8, 4) is 5.75 Å². The van der Waals surface area contributed by atoms with Gasteiger partial charge >= 0.3 is 6.36 Å². The minimum atomic E-state index is -4.66. The van der Waals surface area contributed by atoms with Crippen LogP contribution in [0.1, 0.15) is 12.0 Å². The molecule has 1 aliphatic rings. The second-order valence-corrected chi connectivity index (χ2v) is 7.11. The highest BCUT2D eigenvalue weighted by Gasteiger charge is 2.31. The third kappa shape index (κ3) is 5.25. The topological polar surface area (TPSA) is 44.7 Å². The summed E-state index contributed by atoms with van der Waals surface area (Å²) in [5.41, 5.74) is 0.953. The van der Waals surface area contributed by atoms with Crippen molar-refractivity contribution in [1.29, 1.82) is 0 Å². The summed E-state index contributed by atoms with van der Waals surface area (Å²) in [4.78, 5) is 15.0. The molecule has 0 bridgehead atoms. The predicted octanol–water partition coefficient (Wildman–Crippen LogP) is 3.15. The van der Waals surface area contributed by atoms with Gasteiger partial charge in [-0.25, -0.2) is 9.97 Å². The first kappa shape index (κ1) is 20.2. The summed E-state index contributed by atoms with van der Waals surface area (Å²) >= 11 is 0. The number of benzene rings is 1. The van der Waals surface area contributed by atoms with Gasteiger partial charge in [0.25, 0.3) is 0 Å². The molecule has 9 heteroatoms. The second kappa shape index (κ2) is 8.22. The molecule has 1 unspecified atom stereocenters. The Hall–Kier alpha value is -2.55. The van der Waals surface area contributed by atoms with Crippen molar-refractivity contribution < 1.29 is 17.9 Å². The van der Waals surface area contributed by atoms with Crippen LogP contribution in [0.25, 0.3) is 0 Å². The summed E-state index contributed by atoms with van der Waals surface area (Å²) in [7, 11) is 5.90. The van der Waals surface area contributed by atoms with Gasteiger partial charge in [-0.1, -0.05) is 12.1 Å². The van der Waals surface area contributed by atoms with E-state index in [0.717, 1.165) is 36.7 Å². The summed E-state index contributed by atoms with van der Waals surface area (Å²) < 4.78 is 40.7. The van der Waals surface area contributed by atoms with Gasteiger partial charge in [-0.3, -0.25) is 4.90 Å². The molecule has 1 saturated heterocycles. The second-order valence-electron chi connectivity index (χ2n) is 7.11. The van der Waals surface area contributed by atoms with Crippen LogP contribution in [0.3, 0.4) is 0 Å². The number of aromatic nitrogens is 2. The Bertz CT molecular complexity index is 782. The van der Waals surface area contributed by atoms with Crippen LogP contribution in [0.5, 0.6) is 5.75 Å². The van der Waals surface area contributed by atoms with Crippen molar-refractivity contribution in [2.24, 2.45) is 0 Å². The van der Waals surface area contributed by atoms with Crippen LogP contribution < -0.4 is 14.5 Å². The van der Waals surface area contributed by atoms with E-state index in [-0.39, 0.29) is 5.75 Å². The minimum absolute atomic E-state index is 0.198. The summed E-state index contributed by atoms with van der Waals surface area (Å²) in [6, 6.07) is 8.33. The van der Waals surface area contributed by atoms with Crippen molar-refractivity contribution in [3.05, 3.63) is 42.2 Å². The monoisotopic (exact) mass is 395 g/mol. The highest BCUT2D eigenvalue weighted by molar-refractivity contribution is 5.49. The van der Waals surface area contributed by atoms with E-state index in [9.17, 15) is 13.2 Å². The zero-order valence-electron chi connectivity index (χ0n) is 16.1. The Balaban J connectivity index is 1.57. The Morgan fingerprint density at radius 2 is 1.79 bits per heavy atom. The van der Waals surface area contributed by atoms with Crippen molar-refractivity contribution in [1.82, 2.24) is 14.9 Å². The lowest BCUT2D eigenvalue weighted by atomic mass is 10.2. The molecule has 0 saturated carbocycles. The smallest absolute Gasteiger partial charge is 0.406 e. The van der Waals surface area contributed by atoms with E-state index in [2.05, 4.69) is 24.5 Å². The Morgan fingerprint density at radius 1 is 1.11 bits per heavy atom. The number of rotatable bonds is 6. The van der Waals surface area contributed by atoms with Gasteiger partial charge in [0.15, 0.2) is 0 Å². The largest absolute Gasteiger partial charge is 0.573 e. The fraction of sp³-hybridized carbons (Fsp3) is 0.474. The normalized spacial score (nSPS) is 17.6. The molecule has 0 spiro atoms. The molecule has 1 aromatic heterocycles. The van der Waals surface area contributed by atoms with Gasteiger partial charge in [0.2, 0.25) is 0 Å². The van der Waals surface area contributed by atoms with Crippen LogP contribution in [0.15, 0.2) is 36.7 Å². The first-order chi connectivity index (χ1) is 13.2. The van der Waals surface area contributed by atoms with Gasteiger partial charge in [-0.2, -0.15) is 0 Å². The minimum Gasteiger partial charge on any atom is -0.406 e. The number of anilines is 2. The molecule has 28 heavy (non-hydrogen) atoms. The quantitative estimate of drug-likeness (QED) is 0.749. The van der Waals surface area contributed by atoms with E-state index >= 15 is 0 Å². The highest BCUT2D eigenvalue weighted by atomic mass is 19.4. The number of halogens is 3. The van der Waals surface area contributed by atoms with Crippen LogP contribution in [0, 0.1) is 0 Å². The standard InChI is InChI=1S/C19H24F3N5O/c1-25(2)17-10-18(24-13-23-17)26(3)15-8-9-27(12-15)11-14-4-6-16(7-5-14)28-19(20,21)22/h4-7,10,13,15H,8-9,11-12H2,1-3H3. The third-order valence-electron chi connectivity index (χ3n) is 4.82. The van der Waals surface area contributed by atoms with Gasteiger partial charge < -0.3 is 14.5 Å². The molecule has 0 radical (unpaired) electrons. The number of nitrogens with zero attached hydrogens (tertiary/aromatic N) is 5. The Morgan fingerprint density at radius 3 is 2.43 bits per heavy atom. The van der Waals surface area contributed by atoms with Crippen LogP contribution in [-0.4, -0.2) is 61.5 Å². The van der Waals surface area contributed by atoms with Crippen molar-refractivity contribution in [3.63, 3.8) is 0 Å². The highest BCUT2D eigenvalue weighted by Crippen LogP contribution is 2.25. The average Bonchev–Trinajstić information content (AvgIpc) is 3.10. The van der Waals surface area contributed by atoms with Gasteiger partial charge in [-0.05, 0) is 24.1 Å². The van der Waals surface area contributed by atoms with Crippen LogP contribution in [-0.2, 0) is 6.54 Å². The molecule has 0 aliphatic carbocycles. The number of alkyl halides is 3. The molecule has 0 amide bonds. The van der Waals surface area contributed by atoms with Crippen LogP contribution >= 0.6 is 0 Å². The summed E-state index contributed by atoms with van der Waals surface area (Å²) in [5.74, 6) is 1.53. The maximum atomic E-state index is 12.3. The molecule has 1 atom stereocenters. The molecule has 2 aromatic rings. The van der Waals surface area contributed by atoms with Crippen molar-refractivity contribution in [2.45, 2.75) is 25.4 Å². The molecule has 1 aromatic carbocycles. The molecule has 0 N–H and O–H groups in total. The lowest BCUT2D eigenvalue weighted by Crippen LogP contribution is -2.35. The lowest BCUT2D eigenvalue weighted by Gasteiger charge is -2.26. The van der Waals surface area contributed by atoms with Crippen molar-refractivity contribution >= 4 is 11.6 Å². The molecule has 6 nitrogen and oxygen atoms in total. The SMILES string of the molecule is CN(C)c1cc(N(C)C2CCN(Cc3ccc(OC(F)(F)F)cc3)C2)ncn1. The summed E-state index contributed by atoms with van der Waals surface area (Å²) in [6.07, 6.45) is -2.10. The summed E-state index contributed by atoms with van der Waals surface area (Å²) in [5, 5.41) is 0. The average molecular weight is 395 g/mol. The molecular weight excluding hydrogens is 371 g/mol. The molecule has 1 aliphatic heterocycles. The van der Waals surface area contributed by atoms with Gasteiger partial charge in [0.1, 0.15) is 23.7 Å². The maximum absolute atomic E-state index is 12.3. The number of hydrogen-bond donors (Lipinski definition) is 0. The zero-order chi connectivity index (χ0) is 20.3. The zero-order valence-corrected chi connectivity index (χ0v) is 16.1. The van der Waals surface area contributed by atoms with E-state index in [1.54, 1.807) is 18.5 Å².